The van der Waals surface area contributed by atoms with Crippen molar-refractivity contribution in [2.24, 2.45) is 0 Å². The second-order valence-corrected chi connectivity index (χ2v) is 4.58. The van der Waals surface area contributed by atoms with E-state index in [1.54, 1.807) is 0 Å². The van der Waals surface area contributed by atoms with E-state index in [0.29, 0.717) is 18.7 Å². The molecule has 0 radical (unpaired) electrons. The summed E-state index contributed by atoms with van der Waals surface area (Å²) >= 11 is 0. The van der Waals surface area contributed by atoms with E-state index >= 15 is 0 Å². The number of benzene rings is 1. The first-order valence-corrected chi connectivity index (χ1v) is 6.33. The lowest BCUT2D eigenvalue weighted by Crippen LogP contribution is -2.33. The third kappa shape index (κ3) is 4.29. The minimum absolute atomic E-state index is 0.318. The van der Waals surface area contributed by atoms with Crippen molar-refractivity contribution in [1.29, 1.82) is 0 Å². The number of carbonyl (C=O) groups is 1. The number of rotatable bonds is 4. The highest BCUT2D eigenvalue weighted by molar-refractivity contribution is 5.82. The van der Waals surface area contributed by atoms with E-state index in [0.717, 1.165) is 38.2 Å². The Balaban J connectivity index is 1.80. The normalized spacial score (nSPS) is 17.6. The molecule has 1 heterocycles. The van der Waals surface area contributed by atoms with E-state index in [-0.39, 0.29) is 0 Å². The van der Waals surface area contributed by atoms with Gasteiger partial charge in [0, 0.05) is 19.5 Å². The van der Waals surface area contributed by atoms with Crippen LogP contribution in [0.4, 0.5) is 0 Å². The van der Waals surface area contributed by atoms with Crippen LogP contribution in [-0.2, 0) is 11.2 Å². The lowest BCUT2D eigenvalue weighted by atomic mass is 10.1. The summed E-state index contributed by atoms with van der Waals surface area (Å²) < 4.78 is 0. The number of ketones is 1. The van der Waals surface area contributed by atoms with Crippen LogP contribution in [0.5, 0.6) is 0 Å². The van der Waals surface area contributed by atoms with Crippen LogP contribution in [0, 0.1) is 0 Å². The third-order valence-corrected chi connectivity index (χ3v) is 3.08. The Morgan fingerprint density at radius 1 is 1.18 bits per heavy atom. The molecule has 1 N–H and O–H groups in total. The van der Waals surface area contributed by atoms with Gasteiger partial charge >= 0.3 is 0 Å². The summed E-state index contributed by atoms with van der Waals surface area (Å²) in [6.07, 6.45) is 1.70. The highest BCUT2D eigenvalue weighted by Gasteiger charge is 2.12. The van der Waals surface area contributed by atoms with Gasteiger partial charge in [-0.25, -0.2) is 0 Å². The van der Waals surface area contributed by atoms with Crippen LogP contribution in [0.1, 0.15) is 12.0 Å². The molecule has 1 aliphatic heterocycles. The van der Waals surface area contributed by atoms with Crippen LogP contribution in [0.15, 0.2) is 30.3 Å². The molecule has 0 aromatic heterocycles. The molecular formula is C14H20N2O. The maximum absolute atomic E-state index is 11.9. The number of nitrogens with zero attached hydrogens (tertiary/aromatic N) is 1. The summed E-state index contributed by atoms with van der Waals surface area (Å²) in [7, 11) is 0. The van der Waals surface area contributed by atoms with Gasteiger partial charge in [0.15, 0.2) is 5.78 Å². The lowest BCUT2D eigenvalue weighted by molar-refractivity contribution is -0.119. The average molecular weight is 232 g/mol. The molecule has 17 heavy (non-hydrogen) atoms. The summed E-state index contributed by atoms with van der Waals surface area (Å²) in [5.41, 5.74) is 1.12. The zero-order valence-corrected chi connectivity index (χ0v) is 10.2. The molecule has 0 amide bonds. The van der Waals surface area contributed by atoms with Gasteiger partial charge in [-0.3, -0.25) is 9.69 Å². The molecule has 92 valence electrons. The predicted molar refractivity (Wildman–Crippen MR) is 69.1 cm³/mol. The van der Waals surface area contributed by atoms with Crippen LogP contribution < -0.4 is 5.32 Å². The van der Waals surface area contributed by atoms with Gasteiger partial charge < -0.3 is 5.32 Å². The zero-order valence-electron chi connectivity index (χ0n) is 10.2. The van der Waals surface area contributed by atoms with Gasteiger partial charge in [-0.2, -0.15) is 0 Å². The topological polar surface area (TPSA) is 32.3 Å². The largest absolute Gasteiger partial charge is 0.315 e. The molecule has 0 saturated carbocycles. The Morgan fingerprint density at radius 3 is 2.82 bits per heavy atom. The Labute approximate surface area is 103 Å². The molecule has 0 unspecified atom stereocenters. The standard InChI is InChI=1S/C14H20N2O/c17-14(11-13-5-2-1-3-6-13)12-16-9-4-7-15-8-10-16/h1-3,5-6,15H,4,7-12H2. The van der Waals surface area contributed by atoms with Crippen LogP contribution in [0.2, 0.25) is 0 Å². The van der Waals surface area contributed by atoms with Crippen LogP contribution in [-0.4, -0.2) is 43.4 Å². The number of hydrogen-bond donors (Lipinski definition) is 1. The number of Topliss-reactive ketones (excluding diaryl/α,β-unsaturated/α-hetero) is 1. The fourth-order valence-electron chi connectivity index (χ4n) is 2.19. The second kappa shape index (κ2) is 6.52. The van der Waals surface area contributed by atoms with E-state index < -0.39 is 0 Å². The monoisotopic (exact) mass is 232 g/mol. The van der Waals surface area contributed by atoms with Gasteiger partial charge in [-0.15, -0.1) is 0 Å². The first-order valence-electron chi connectivity index (χ1n) is 6.33. The summed E-state index contributed by atoms with van der Waals surface area (Å²) in [4.78, 5) is 14.2. The number of nitrogens with one attached hydrogen (secondary N) is 1. The van der Waals surface area contributed by atoms with Crippen molar-refractivity contribution in [3.8, 4) is 0 Å². The summed E-state index contributed by atoms with van der Waals surface area (Å²) in [6.45, 7) is 4.69. The van der Waals surface area contributed by atoms with Crippen molar-refractivity contribution in [2.45, 2.75) is 12.8 Å². The Morgan fingerprint density at radius 2 is 2.00 bits per heavy atom. The Hall–Kier alpha value is -1.19. The first kappa shape index (κ1) is 12.3. The predicted octanol–water partition coefficient (Wildman–Crippen LogP) is 1.09. The van der Waals surface area contributed by atoms with Gasteiger partial charge in [0.25, 0.3) is 0 Å². The van der Waals surface area contributed by atoms with Gasteiger partial charge in [0.1, 0.15) is 0 Å². The molecule has 1 aromatic rings. The molecule has 3 heteroatoms. The van der Waals surface area contributed by atoms with Crippen LogP contribution in [0.25, 0.3) is 0 Å². The summed E-state index contributed by atoms with van der Waals surface area (Å²) in [5, 5.41) is 3.35. The SMILES string of the molecule is O=C(Cc1ccccc1)CN1CCCNCC1. The van der Waals surface area contributed by atoms with E-state index in [1.807, 2.05) is 30.3 Å². The van der Waals surface area contributed by atoms with Crippen molar-refractivity contribution < 1.29 is 4.79 Å². The van der Waals surface area contributed by atoms with Gasteiger partial charge in [-0.05, 0) is 25.1 Å². The quantitative estimate of drug-likeness (QED) is 0.843. The smallest absolute Gasteiger partial charge is 0.151 e. The van der Waals surface area contributed by atoms with Crippen molar-refractivity contribution in [1.82, 2.24) is 10.2 Å². The summed E-state index contributed by atoms with van der Waals surface area (Å²) in [6, 6.07) is 9.98. The van der Waals surface area contributed by atoms with Crippen molar-refractivity contribution in [2.75, 3.05) is 32.7 Å². The Kier molecular flexibility index (Phi) is 4.71. The summed E-state index contributed by atoms with van der Waals surface area (Å²) in [5.74, 6) is 0.318. The molecule has 1 aromatic carbocycles. The Bertz CT molecular complexity index is 342. The highest BCUT2D eigenvalue weighted by atomic mass is 16.1. The molecule has 1 aliphatic rings. The molecule has 2 rings (SSSR count). The molecule has 0 aliphatic carbocycles. The van der Waals surface area contributed by atoms with E-state index in [1.165, 1.54) is 0 Å². The van der Waals surface area contributed by atoms with E-state index in [9.17, 15) is 4.79 Å². The fraction of sp³-hybridized carbons (Fsp3) is 0.500. The van der Waals surface area contributed by atoms with Gasteiger partial charge in [0.2, 0.25) is 0 Å². The van der Waals surface area contributed by atoms with Crippen LogP contribution >= 0.6 is 0 Å². The minimum Gasteiger partial charge on any atom is -0.315 e. The first-order chi connectivity index (χ1) is 8.34. The fourth-order valence-corrected chi connectivity index (χ4v) is 2.19. The molecule has 1 saturated heterocycles. The number of carbonyl (C=O) groups excluding carboxylic acids is 1. The molecule has 1 fully saturated rings. The van der Waals surface area contributed by atoms with Crippen molar-refractivity contribution in [3.63, 3.8) is 0 Å². The maximum atomic E-state index is 11.9. The molecule has 0 bridgehead atoms. The highest BCUT2D eigenvalue weighted by Crippen LogP contribution is 2.02. The minimum atomic E-state index is 0.318. The molecular weight excluding hydrogens is 212 g/mol. The van der Waals surface area contributed by atoms with Crippen molar-refractivity contribution in [3.05, 3.63) is 35.9 Å². The van der Waals surface area contributed by atoms with E-state index in [2.05, 4.69) is 10.2 Å². The van der Waals surface area contributed by atoms with E-state index in [4.69, 9.17) is 0 Å². The van der Waals surface area contributed by atoms with Crippen LogP contribution in [0.3, 0.4) is 0 Å². The maximum Gasteiger partial charge on any atom is 0.151 e. The molecule has 3 nitrogen and oxygen atoms in total. The van der Waals surface area contributed by atoms with Gasteiger partial charge in [-0.1, -0.05) is 30.3 Å². The van der Waals surface area contributed by atoms with Crippen molar-refractivity contribution >= 4 is 5.78 Å². The third-order valence-electron chi connectivity index (χ3n) is 3.08. The number of hydrogen-bond acceptors (Lipinski definition) is 3. The zero-order chi connectivity index (χ0) is 11.9. The molecule has 0 spiro atoms. The average Bonchev–Trinajstić information content (AvgIpc) is 2.59. The lowest BCUT2D eigenvalue weighted by Gasteiger charge is -2.18. The second-order valence-electron chi connectivity index (χ2n) is 4.58. The van der Waals surface area contributed by atoms with Gasteiger partial charge in [0.05, 0.1) is 6.54 Å². The molecule has 0 atom stereocenters.